The van der Waals surface area contributed by atoms with Gasteiger partial charge in [-0.3, -0.25) is 4.79 Å². The molecule has 1 atom stereocenters. The van der Waals surface area contributed by atoms with E-state index >= 15 is 0 Å². The van der Waals surface area contributed by atoms with Crippen molar-refractivity contribution in [2.24, 2.45) is 0 Å². The molecule has 0 saturated heterocycles. The number of ketones is 1. The van der Waals surface area contributed by atoms with Crippen LogP contribution in [0.1, 0.15) is 11.5 Å². The molecule has 1 aromatic carbocycles. The summed E-state index contributed by atoms with van der Waals surface area (Å²) in [5.41, 5.74) is -0.326. The zero-order valence-electron chi connectivity index (χ0n) is 9.35. The summed E-state index contributed by atoms with van der Waals surface area (Å²) in [4.78, 5) is 11.6. The maximum absolute atomic E-state index is 13.4. The average Bonchev–Trinajstić information content (AvgIpc) is 2.19. The van der Waals surface area contributed by atoms with Crippen LogP contribution in [0, 0.1) is 23.0 Å². The maximum Gasteiger partial charge on any atom is 0.169 e. The van der Waals surface area contributed by atoms with E-state index < -0.39 is 38.9 Å². The molecule has 0 amide bonds. The van der Waals surface area contributed by atoms with Crippen molar-refractivity contribution >= 4 is 15.6 Å². The van der Waals surface area contributed by atoms with Gasteiger partial charge in [-0.1, -0.05) is 6.07 Å². The standard InChI is InChI=1S/C11H9F2NO3S/c1-18(16,17)6-11(15)9(5-14)8-3-2-7(12)4-10(8)13/h2-4,9H,6H2,1H3. The number of carbonyl (C=O) groups excluding carboxylic acids is 1. The molecule has 0 aliphatic carbocycles. The third-order valence-electron chi connectivity index (χ3n) is 2.13. The number of benzene rings is 1. The molecule has 7 heteroatoms. The second kappa shape index (κ2) is 5.23. The topological polar surface area (TPSA) is 75.0 Å². The largest absolute Gasteiger partial charge is 0.297 e. The van der Waals surface area contributed by atoms with Crippen LogP contribution in [-0.4, -0.2) is 26.2 Å². The quantitative estimate of drug-likeness (QED) is 0.825. The highest BCUT2D eigenvalue weighted by Gasteiger charge is 2.26. The zero-order chi connectivity index (χ0) is 13.9. The molecule has 0 heterocycles. The van der Waals surface area contributed by atoms with Gasteiger partial charge in [0, 0.05) is 17.9 Å². The van der Waals surface area contributed by atoms with Crippen LogP contribution >= 0.6 is 0 Å². The van der Waals surface area contributed by atoms with Crippen LogP contribution in [0.2, 0.25) is 0 Å². The predicted octanol–water partition coefficient (Wildman–Crippen LogP) is 1.19. The van der Waals surface area contributed by atoms with E-state index in [1.807, 2.05) is 0 Å². The van der Waals surface area contributed by atoms with Crippen LogP contribution in [0.4, 0.5) is 8.78 Å². The highest BCUT2D eigenvalue weighted by Crippen LogP contribution is 2.21. The molecule has 0 bridgehead atoms. The summed E-state index contributed by atoms with van der Waals surface area (Å²) in [5, 5.41) is 8.81. The first-order valence-electron chi connectivity index (χ1n) is 4.79. The summed E-state index contributed by atoms with van der Waals surface area (Å²) in [6.07, 6.45) is 0.834. The van der Waals surface area contributed by atoms with E-state index in [2.05, 4.69) is 0 Å². The van der Waals surface area contributed by atoms with Gasteiger partial charge in [0.2, 0.25) is 0 Å². The fourth-order valence-electron chi connectivity index (χ4n) is 1.39. The number of hydrogen-bond donors (Lipinski definition) is 0. The molecule has 1 aromatic rings. The molecule has 18 heavy (non-hydrogen) atoms. The lowest BCUT2D eigenvalue weighted by molar-refractivity contribution is -0.117. The van der Waals surface area contributed by atoms with Gasteiger partial charge < -0.3 is 0 Å². The molecular formula is C11H9F2NO3S. The van der Waals surface area contributed by atoms with Crippen molar-refractivity contribution in [3.63, 3.8) is 0 Å². The normalized spacial score (nSPS) is 12.8. The Kier molecular flexibility index (Phi) is 4.14. The van der Waals surface area contributed by atoms with Crippen LogP contribution < -0.4 is 0 Å². The number of rotatable bonds is 4. The van der Waals surface area contributed by atoms with Crippen molar-refractivity contribution in [3.8, 4) is 6.07 Å². The Morgan fingerprint density at radius 1 is 1.44 bits per heavy atom. The second-order valence-electron chi connectivity index (χ2n) is 3.76. The molecule has 0 N–H and O–H groups in total. The predicted molar refractivity (Wildman–Crippen MR) is 59.4 cm³/mol. The van der Waals surface area contributed by atoms with Crippen LogP contribution in [-0.2, 0) is 14.6 Å². The van der Waals surface area contributed by atoms with E-state index in [-0.39, 0.29) is 5.56 Å². The molecule has 0 aromatic heterocycles. The summed E-state index contributed by atoms with van der Waals surface area (Å²) >= 11 is 0. The van der Waals surface area contributed by atoms with Gasteiger partial charge in [-0.25, -0.2) is 17.2 Å². The van der Waals surface area contributed by atoms with Crippen molar-refractivity contribution < 1.29 is 22.0 Å². The number of carbonyl (C=O) groups is 1. The first kappa shape index (κ1) is 14.3. The monoisotopic (exact) mass is 273 g/mol. The van der Waals surface area contributed by atoms with Crippen LogP contribution in [0.25, 0.3) is 0 Å². The Morgan fingerprint density at radius 3 is 2.50 bits per heavy atom. The van der Waals surface area contributed by atoms with Gasteiger partial charge in [-0.15, -0.1) is 0 Å². The minimum Gasteiger partial charge on any atom is -0.297 e. The van der Waals surface area contributed by atoms with Crippen molar-refractivity contribution in [3.05, 3.63) is 35.4 Å². The molecule has 0 aliphatic rings. The molecule has 1 rings (SSSR count). The fraction of sp³-hybridized carbons (Fsp3) is 0.273. The lowest BCUT2D eigenvalue weighted by Crippen LogP contribution is -2.21. The van der Waals surface area contributed by atoms with Gasteiger partial charge in [0.25, 0.3) is 0 Å². The molecule has 0 aliphatic heterocycles. The smallest absolute Gasteiger partial charge is 0.169 e. The number of sulfone groups is 1. The molecule has 0 fully saturated rings. The van der Waals surface area contributed by atoms with Gasteiger partial charge in [0.05, 0.1) is 6.07 Å². The summed E-state index contributed by atoms with van der Waals surface area (Å²) in [6.45, 7) is 0. The highest BCUT2D eigenvalue weighted by molar-refractivity contribution is 7.91. The number of nitrogens with zero attached hydrogens (tertiary/aromatic N) is 1. The lowest BCUT2D eigenvalue weighted by Gasteiger charge is -2.08. The lowest BCUT2D eigenvalue weighted by atomic mass is 9.96. The van der Waals surface area contributed by atoms with Crippen LogP contribution in [0.3, 0.4) is 0 Å². The number of Topliss-reactive ketones (excluding diaryl/α,β-unsaturated/α-hetero) is 1. The Labute approximate surface area is 103 Å². The molecule has 0 radical (unpaired) electrons. The molecule has 1 unspecified atom stereocenters. The average molecular weight is 273 g/mol. The van der Waals surface area contributed by atoms with Crippen LogP contribution in [0.5, 0.6) is 0 Å². The molecule has 0 saturated carbocycles. The van der Waals surface area contributed by atoms with Crippen LogP contribution in [0.15, 0.2) is 18.2 Å². The van der Waals surface area contributed by atoms with Gasteiger partial charge in [-0.05, 0) is 6.07 Å². The summed E-state index contributed by atoms with van der Waals surface area (Å²) in [7, 11) is -3.60. The summed E-state index contributed by atoms with van der Waals surface area (Å²) in [6, 6.07) is 3.92. The van der Waals surface area contributed by atoms with Crippen molar-refractivity contribution in [2.75, 3.05) is 12.0 Å². The Bertz CT molecular complexity index is 620. The van der Waals surface area contributed by atoms with Crippen molar-refractivity contribution in [1.29, 1.82) is 5.26 Å². The van der Waals surface area contributed by atoms with Gasteiger partial charge in [0.1, 0.15) is 23.3 Å². The second-order valence-corrected chi connectivity index (χ2v) is 5.90. The Morgan fingerprint density at radius 2 is 2.06 bits per heavy atom. The Balaban J connectivity index is 3.12. The van der Waals surface area contributed by atoms with E-state index in [1.54, 1.807) is 0 Å². The zero-order valence-corrected chi connectivity index (χ0v) is 10.2. The molecule has 0 spiro atoms. The van der Waals surface area contributed by atoms with Crippen molar-refractivity contribution in [1.82, 2.24) is 0 Å². The van der Waals surface area contributed by atoms with Gasteiger partial charge in [0.15, 0.2) is 15.6 Å². The van der Waals surface area contributed by atoms with E-state index in [0.29, 0.717) is 6.07 Å². The van der Waals surface area contributed by atoms with Crippen molar-refractivity contribution in [2.45, 2.75) is 5.92 Å². The third kappa shape index (κ3) is 3.60. The Hall–Kier alpha value is -1.81. The summed E-state index contributed by atoms with van der Waals surface area (Å²) < 4.78 is 48.0. The highest BCUT2D eigenvalue weighted by atomic mass is 32.2. The van der Waals surface area contributed by atoms with Gasteiger partial charge in [-0.2, -0.15) is 5.26 Å². The molecule has 4 nitrogen and oxygen atoms in total. The minimum atomic E-state index is -3.60. The van der Waals surface area contributed by atoms with E-state index in [1.165, 1.54) is 6.07 Å². The number of hydrogen-bond acceptors (Lipinski definition) is 4. The van der Waals surface area contributed by atoms with E-state index in [4.69, 9.17) is 5.26 Å². The first-order valence-corrected chi connectivity index (χ1v) is 6.85. The third-order valence-corrected chi connectivity index (χ3v) is 2.94. The maximum atomic E-state index is 13.4. The first-order chi connectivity index (χ1) is 8.24. The molecular weight excluding hydrogens is 264 g/mol. The number of halogens is 2. The van der Waals surface area contributed by atoms with Gasteiger partial charge >= 0.3 is 0 Å². The van der Waals surface area contributed by atoms with E-state index in [9.17, 15) is 22.0 Å². The van der Waals surface area contributed by atoms with E-state index in [0.717, 1.165) is 18.4 Å². The summed E-state index contributed by atoms with van der Waals surface area (Å²) in [5.74, 6) is -5.25. The number of nitriles is 1. The SMILES string of the molecule is CS(=O)(=O)CC(=O)C(C#N)c1ccc(F)cc1F. The molecule has 96 valence electrons. The fourth-order valence-corrected chi connectivity index (χ4v) is 2.08. The minimum absolute atomic E-state index is 0.326.